The minimum atomic E-state index is 0.149. The molecule has 144 valence electrons. The van der Waals surface area contributed by atoms with Gasteiger partial charge in [-0.15, -0.1) is 0 Å². The number of benzene rings is 1. The van der Waals surface area contributed by atoms with Crippen molar-refractivity contribution in [3.8, 4) is 0 Å². The number of nitrogens with one attached hydrogen (secondary N) is 1. The first-order valence-electron chi connectivity index (χ1n) is 9.63. The number of hydrogen-bond acceptors (Lipinski definition) is 5. The van der Waals surface area contributed by atoms with Crippen LogP contribution in [-0.2, 0) is 9.53 Å². The van der Waals surface area contributed by atoms with Crippen LogP contribution in [0.4, 0.5) is 5.69 Å². The van der Waals surface area contributed by atoms with Crippen LogP contribution in [0.3, 0.4) is 0 Å². The Balaban J connectivity index is 1.41. The molecule has 1 amide bonds. The lowest BCUT2D eigenvalue weighted by Crippen LogP contribution is -2.45. The summed E-state index contributed by atoms with van der Waals surface area (Å²) in [7, 11) is 1.72. The molecule has 0 bridgehead atoms. The van der Waals surface area contributed by atoms with Gasteiger partial charge in [0.15, 0.2) is 0 Å². The highest BCUT2D eigenvalue weighted by molar-refractivity contribution is 7.99. The normalized spacial score (nSPS) is 22.9. The highest BCUT2D eigenvalue weighted by Gasteiger charge is 2.26. The van der Waals surface area contributed by atoms with Gasteiger partial charge in [0.25, 0.3) is 0 Å². The fourth-order valence-corrected chi connectivity index (χ4v) is 5.04. The predicted molar refractivity (Wildman–Crippen MR) is 109 cm³/mol. The van der Waals surface area contributed by atoms with Crippen LogP contribution in [0.15, 0.2) is 30.3 Å². The second-order valence-corrected chi connectivity index (χ2v) is 8.37. The average Bonchev–Trinajstić information content (AvgIpc) is 3.36. The second-order valence-electron chi connectivity index (χ2n) is 7.22. The van der Waals surface area contributed by atoms with Gasteiger partial charge in [-0.2, -0.15) is 11.8 Å². The van der Waals surface area contributed by atoms with Gasteiger partial charge >= 0.3 is 0 Å². The van der Waals surface area contributed by atoms with E-state index in [0.29, 0.717) is 25.1 Å². The van der Waals surface area contributed by atoms with Crippen LogP contribution in [0.25, 0.3) is 0 Å². The van der Waals surface area contributed by atoms with Gasteiger partial charge in [0.05, 0.1) is 13.2 Å². The number of para-hydroxylation sites is 1. The van der Waals surface area contributed by atoms with Crippen molar-refractivity contribution in [2.75, 3.05) is 62.8 Å². The molecule has 0 spiro atoms. The number of hydrogen-bond donors (Lipinski definition) is 1. The number of ether oxygens (including phenoxy) is 1. The SMILES string of the molecule is COCCN(CC(=O)NC[C@H]1CCN(c2ccccc2)C1)[C@@H]1CCSC1. The zero-order valence-electron chi connectivity index (χ0n) is 15.7. The standard InChI is InChI=1S/C20H31N3O2S/c1-25-11-10-23(19-8-12-26-16-19)15-20(24)21-13-17-7-9-22(14-17)18-5-3-2-4-6-18/h2-6,17,19H,7-16H2,1H3,(H,21,24)/t17-,19-/m1/s1. The third-order valence-corrected chi connectivity index (χ3v) is 6.49. The summed E-state index contributed by atoms with van der Waals surface area (Å²) < 4.78 is 5.22. The minimum Gasteiger partial charge on any atom is -0.383 e. The average molecular weight is 378 g/mol. The zero-order chi connectivity index (χ0) is 18.2. The molecule has 2 atom stereocenters. The highest BCUT2D eigenvalue weighted by atomic mass is 32.2. The van der Waals surface area contributed by atoms with E-state index in [2.05, 4.69) is 45.4 Å². The molecule has 1 aromatic rings. The number of amides is 1. The smallest absolute Gasteiger partial charge is 0.234 e. The summed E-state index contributed by atoms with van der Waals surface area (Å²) in [6, 6.07) is 11.1. The number of anilines is 1. The van der Waals surface area contributed by atoms with Crippen LogP contribution in [0.1, 0.15) is 12.8 Å². The van der Waals surface area contributed by atoms with Crippen molar-refractivity contribution in [1.82, 2.24) is 10.2 Å². The van der Waals surface area contributed by atoms with Crippen molar-refractivity contribution in [2.45, 2.75) is 18.9 Å². The first kappa shape index (κ1) is 19.5. The van der Waals surface area contributed by atoms with Gasteiger partial charge in [0, 0.05) is 50.8 Å². The minimum absolute atomic E-state index is 0.149. The molecule has 2 fully saturated rings. The van der Waals surface area contributed by atoms with Crippen LogP contribution in [0, 0.1) is 5.92 Å². The lowest BCUT2D eigenvalue weighted by atomic mass is 10.1. The van der Waals surface area contributed by atoms with Gasteiger partial charge in [0.2, 0.25) is 5.91 Å². The molecule has 5 nitrogen and oxygen atoms in total. The van der Waals surface area contributed by atoms with Gasteiger partial charge in [-0.3, -0.25) is 9.69 Å². The fourth-order valence-electron chi connectivity index (χ4n) is 3.78. The van der Waals surface area contributed by atoms with E-state index in [4.69, 9.17) is 4.74 Å². The molecule has 2 heterocycles. The maximum absolute atomic E-state index is 12.5. The van der Waals surface area contributed by atoms with Gasteiger partial charge in [-0.05, 0) is 36.6 Å². The number of rotatable bonds is 9. The Hall–Kier alpha value is -1.24. The van der Waals surface area contributed by atoms with E-state index in [0.717, 1.165) is 38.4 Å². The topological polar surface area (TPSA) is 44.8 Å². The van der Waals surface area contributed by atoms with E-state index >= 15 is 0 Å². The molecular formula is C20H31N3O2S. The van der Waals surface area contributed by atoms with E-state index in [1.54, 1.807) is 7.11 Å². The highest BCUT2D eigenvalue weighted by Crippen LogP contribution is 2.23. The van der Waals surface area contributed by atoms with Crippen LogP contribution in [0.2, 0.25) is 0 Å². The number of nitrogens with zero attached hydrogens (tertiary/aromatic N) is 2. The molecule has 6 heteroatoms. The maximum atomic E-state index is 12.5. The number of carbonyl (C=O) groups is 1. The summed E-state index contributed by atoms with van der Waals surface area (Å²) >= 11 is 1.98. The van der Waals surface area contributed by atoms with Crippen molar-refractivity contribution >= 4 is 23.4 Å². The third-order valence-electron chi connectivity index (χ3n) is 5.35. The third kappa shape index (κ3) is 5.63. The van der Waals surface area contributed by atoms with E-state index in [9.17, 15) is 4.79 Å². The van der Waals surface area contributed by atoms with Gasteiger partial charge in [0.1, 0.15) is 0 Å². The molecule has 0 saturated carbocycles. The van der Waals surface area contributed by atoms with E-state index in [-0.39, 0.29) is 5.91 Å². The van der Waals surface area contributed by atoms with Crippen molar-refractivity contribution in [3.63, 3.8) is 0 Å². The molecule has 2 aliphatic rings. The second kappa shape index (κ2) is 10.2. The quantitative estimate of drug-likeness (QED) is 0.714. The first-order valence-corrected chi connectivity index (χ1v) is 10.8. The van der Waals surface area contributed by atoms with Crippen LogP contribution >= 0.6 is 11.8 Å². The molecule has 0 aliphatic carbocycles. The monoisotopic (exact) mass is 377 g/mol. The maximum Gasteiger partial charge on any atom is 0.234 e. The molecule has 1 aromatic carbocycles. The van der Waals surface area contributed by atoms with Crippen molar-refractivity contribution in [1.29, 1.82) is 0 Å². The van der Waals surface area contributed by atoms with Gasteiger partial charge < -0.3 is 15.0 Å². The number of carbonyl (C=O) groups excluding carboxylic acids is 1. The lowest BCUT2D eigenvalue weighted by Gasteiger charge is -2.27. The molecule has 1 N–H and O–H groups in total. The predicted octanol–water partition coefficient (Wildman–Crippen LogP) is 2.08. The van der Waals surface area contributed by atoms with E-state index in [1.165, 1.54) is 17.9 Å². The summed E-state index contributed by atoms with van der Waals surface area (Å²) in [5, 5.41) is 3.17. The van der Waals surface area contributed by atoms with E-state index in [1.807, 2.05) is 11.8 Å². The van der Waals surface area contributed by atoms with Crippen LogP contribution in [-0.4, -0.2) is 74.8 Å². The summed E-state index contributed by atoms with van der Waals surface area (Å²) in [5.74, 6) is 3.02. The lowest BCUT2D eigenvalue weighted by molar-refractivity contribution is -0.123. The molecule has 0 unspecified atom stereocenters. The molecule has 2 saturated heterocycles. The van der Waals surface area contributed by atoms with Gasteiger partial charge in [-0.25, -0.2) is 0 Å². The molecule has 26 heavy (non-hydrogen) atoms. The Labute approximate surface area is 161 Å². The Morgan fingerprint density at radius 2 is 2.19 bits per heavy atom. The largest absolute Gasteiger partial charge is 0.383 e. The molecule has 0 radical (unpaired) electrons. The van der Waals surface area contributed by atoms with Crippen molar-refractivity contribution < 1.29 is 9.53 Å². The summed E-state index contributed by atoms with van der Waals surface area (Å²) in [4.78, 5) is 17.2. The number of thioether (sulfide) groups is 1. The van der Waals surface area contributed by atoms with E-state index < -0.39 is 0 Å². The Bertz CT molecular complexity index is 551. The molecular weight excluding hydrogens is 346 g/mol. The zero-order valence-corrected chi connectivity index (χ0v) is 16.5. The Morgan fingerprint density at radius 3 is 2.92 bits per heavy atom. The Morgan fingerprint density at radius 1 is 1.35 bits per heavy atom. The fraction of sp³-hybridized carbons (Fsp3) is 0.650. The summed E-state index contributed by atoms with van der Waals surface area (Å²) in [5.41, 5.74) is 1.28. The molecule has 3 rings (SSSR count). The molecule has 2 aliphatic heterocycles. The van der Waals surface area contributed by atoms with Crippen molar-refractivity contribution in [3.05, 3.63) is 30.3 Å². The van der Waals surface area contributed by atoms with Gasteiger partial charge in [-0.1, -0.05) is 18.2 Å². The molecule has 0 aromatic heterocycles. The van der Waals surface area contributed by atoms with Crippen LogP contribution in [0.5, 0.6) is 0 Å². The summed E-state index contributed by atoms with van der Waals surface area (Å²) in [6.45, 7) is 4.88. The number of methoxy groups -OCH3 is 1. The summed E-state index contributed by atoms with van der Waals surface area (Å²) in [6.07, 6.45) is 2.32. The van der Waals surface area contributed by atoms with Crippen molar-refractivity contribution in [2.24, 2.45) is 5.92 Å². The Kier molecular flexibility index (Phi) is 7.65. The first-order chi connectivity index (χ1) is 12.8. The van der Waals surface area contributed by atoms with Crippen LogP contribution < -0.4 is 10.2 Å².